The van der Waals surface area contributed by atoms with Crippen molar-refractivity contribution in [3.8, 4) is 11.1 Å². The quantitative estimate of drug-likeness (QED) is 0.298. The van der Waals surface area contributed by atoms with E-state index in [1.165, 1.54) is 0 Å². The van der Waals surface area contributed by atoms with E-state index in [0.29, 0.717) is 22.8 Å². The van der Waals surface area contributed by atoms with Crippen LogP contribution in [0.1, 0.15) is 26.5 Å². The fourth-order valence-electron chi connectivity index (χ4n) is 2.94. The van der Waals surface area contributed by atoms with Gasteiger partial charge < -0.3 is 14.0 Å². The van der Waals surface area contributed by atoms with Crippen molar-refractivity contribution in [3.63, 3.8) is 0 Å². The molecule has 0 saturated carbocycles. The summed E-state index contributed by atoms with van der Waals surface area (Å²) in [6.07, 6.45) is 0.717. The van der Waals surface area contributed by atoms with Crippen molar-refractivity contribution in [1.82, 2.24) is 9.97 Å². The smallest absolute Gasteiger partial charge is 0.191 e. The Bertz CT molecular complexity index is 1060. The first-order chi connectivity index (χ1) is 13.5. The Balaban J connectivity index is 1.94. The second kappa shape index (κ2) is 8.32. The molecule has 1 N–H and O–H groups in total. The lowest BCUT2D eigenvalue weighted by Gasteiger charge is -2.36. The van der Waals surface area contributed by atoms with Crippen LogP contribution in [0.25, 0.3) is 22.2 Å². The third kappa shape index (κ3) is 4.81. The summed E-state index contributed by atoms with van der Waals surface area (Å²) in [4.78, 5) is 8.03. The highest BCUT2D eigenvalue weighted by molar-refractivity contribution is 7.79. The standard InChI is InChI=1S/C21H27ClN2O3SSi/c1-21(2,3)29(4,5)27-11-10-14-12-17-20(23-14)16(13-19(22)24-17)15-8-6-7-9-18(15)28(25)26/h6-9,12-13,23H,10-11H2,1-5H3,(H,25,26)/p-1. The Morgan fingerprint density at radius 1 is 1.21 bits per heavy atom. The van der Waals surface area contributed by atoms with Crippen molar-refractivity contribution in [2.45, 2.75) is 50.2 Å². The highest BCUT2D eigenvalue weighted by Crippen LogP contribution is 2.37. The van der Waals surface area contributed by atoms with Crippen molar-refractivity contribution in [2.24, 2.45) is 0 Å². The van der Waals surface area contributed by atoms with Gasteiger partial charge in [0.25, 0.3) is 0 Å². The second-order valence-electron chi connectivity index (χ2n) is 8.64. The summed E-state index contributed by atoms with van der Waals surface area (Å²) in [5, 5.41) is 0.481. The van der Waals surface area contributed by atoms with Gasteiger partial charge in [-0.2, -0.15) is 0 Å². The summed E-state index contributed by atoms with van der Waals surface area (Å²) in [5.74, 6) is 0. The first-order valence-electron chi connectivity index (χ1n) is 9.50. The molecule has 5 nitrogen and oxygen atoms in total. The van der Waals surface area contributed by atoms with Gasteiger partial charge in [-0.1, -0.05) is 50.6 Å². The third-order valence-corrected chi connectivity index (χ3v) is 11.1. The summed E-state index contributed by atoms with van der Waals surface area (Å²) in [6.45, 7) is 11.7. The third-order valence-electron chi connectivity index (χ3n) is 5.61. The normalized spacial score (nSPS) is 13.8. The van der Waals surface area contributed by atoms with Gasteiger partial charge in [0, 0.05) is 29.2 Å². The molecule has 0 fully saturated rings. The number of fused-ring (bicyclic) bond motifs is 1. The lowest BCUT2D eigenvalue weighted by atomic mass is 10.1. The van der Waals surface area contributed by atoms with Crippen LogP contribution in [-0.2, 0) is 21.9 Å². The molecular formula is C21H26ClN2O3SSi-. The highest BCUT2D eigenvalue weighted by Gasteiger charge is 2.36. The predicted octanol–water partition coefficient (Wildman–Crippen LogP) is 5.69. The molecule has 2 aromatic heterocycles. The number of pyridine rings is 1. The van der Waals surface area contributed by atoms with Crippen molar-refractivity contribution < 1.29 is 13.2 Å². The molecule has 0 spiro atoms. The van der Waals surface area contributed by atoms with Crippen LogP contribution in [0.15, 0.2) is 41.3 Å². The number of nitrogens with zero attached hydrogens (tertiary/aromatic N) is 1. The molecule has 3 rings (SSSR count). The van der Waals surface area contributed by atoms with Crippen molar-refractivity contribution in [1.29, 1.82) is 0 Å². The molecule has 29 heavy (non-hydrogen) atoms. The number of aromatic amines is 1. The molecule has 1 atom stereocenters. The number of H-pyrrole nitrogens is 1. The van der Waals surface area contributed by atoms with E-state index >= 15 is 0 Å². The summed E-state index contributed by atoms with van der Waals surface area (Å²) in [7, 11) is -1.81. The summed E-state index contributed by atoms with van der Waals surface area (Å²) in [6, 6.07) is 10.5. The van der Waals surface area contributed by atoms with Gasteiger partial charge in [0.15, 0.2) is 8.32 Å². The van der Waals surface area contributed by atoms with Gasteiger partial charge in [0.05, 0.1) is 11.0 Å². The van der Waals surface area contributed by atoms with E-state index in [1.807, 2.05) is 12.1 Å². The Kier molecular flexibility index (Phi) is 6.36. The first kappa shape index (κ1) is 22.2. The van der Waals surface area contributed by atoms with Gasteiger partial charge in [-0.3, -0.25) is 4.21 Å². The van der Waals surface area contributed by atoms with Crippen molar-refractivity contribution in [2.75, 3.05) is 6.61 Å². The molecule has 0 aliphatic heterocycles. The Hall–Kier alpha value is -1.51. The number of nitrogens with one attached hydrogen (secondary N) is 1. The molecule has 8 heteroatoms. The Morgan fingerprint density at radius 2 is 1.90 bits per heavy atom. The van der Waals surface area contributed by atoms with Crippen LogP contribution in [0, 0.1) is 0 Å². The van der Waals surface area contributed by atoms with E-state index < -0.39 is 19.4 Å². The molecule has 3 aromatic rings. The van der Waals surface area contributed by atoms with Gasteiger partial charge in [0.2, 0.25) is 0 Å². The number of benzene rings is 1. The van der Waals surface area contributed by atoms with E-state index in [9.17, 15) is 8.76 Å². The Labute approximate surface area is 180 Å². The molecule has 0 aliphatic carbocycles. The van der Waals surface area contributed by atoms with Gasteiger partial charge in [-0.15, -0.1) is 0 Å². The molecule has 0 saturated heterocycles. The average molecular weight is 450 g/mol. The second-order valence-corrected chi connectivity index (χ2v) is 14.7. The van der Waals surface area contributed by atoms with Gasteiger partial charge >= 0.3 is 0 Å². The zero-order valence-electron chi connectivity index (χ0n) is 17.3. The molecule has 0 aliphatic rings. The fraction of sp³-hybridized carbons (Fsp3) is 0.381. The van der Waals surface area contributed by atoms with Crippen molar-refractivity contribution in [3.05, 3.63) is 47.2 Å². The van der Waals surface area contributed by atoms with Gasteiger partial charge in [-0.25, -0.2) is 4.98 Å². The summed E-state index contributed by atoms with van der Waals surface area (Å²) < 4.78 is 29.6. The molecular weight excluding hydrogens is 424 g/mol. The van der Waals surface area contributed by atoms with Crippen LogP contribution in [0.2, 0.25) is 23.3 Å². The monoisotopic (exact) mass is 449 g/mol. The van der Waals surface area contributed by atoms with Crippen LogP contribution in [0.5, 0.6) is 0 Å². The molecule has 0 amide bonds. The molecule has 2 heterocycles. The maximum Gasteiger partial charge on any atom is 0.191 e. The molecule has 0 bridgehead atoms. The number of hydrogen-bond acceptors (Lipinski definition) is 4. The van der Waals surface area contributed by atoms with E-state index in [-0.39, 0.29) is 9.93 Å². The van der Waals surface area contributed by atoms with E-state index in [2.05, 4.69) is 43.8 Å². The maximum absolute atomic E-state index is 11.7. The van der Waals surface area contributed by atoms with Gasteiger partial charge in [0.1, 0.15) is 5.15 Å². The predicted molar refractivity (Wildman–Crippen MR) is 121 cm³/mol. The lowest BCUT2D eigenvalue weighted by Crippen LogP contribution is -2.41. The molecule has 0 radical (unpaired) electrons. The zero-order valence-corrected chi connectivity index (χ0v) is 19.9. The average Bonchev–Trinajstić information content (AvgIpc) is 3.02. The lowest BCUT2D eigenvalue weighted by molar-refractivity contribution is 0.291. The SMILES string of the molecule is CC(C)(C)[Si](C)(C)OCCc1cc2nc(Cl)cc(-c3ccccc3S(=O)[O-])c2[nH]1. The topological polar surface area (TPSA) is 78.0 Å². The van der Waals surface area contributed by atoms with Crippen LogP contribution in [0.3, 0.4) is 0 Å². The van der Waals surface area contributed by atoms with Crippen molar-refractivity contribution >= 4 is 42.0 Å². The fourth-order valence-corrected chi connectivity index (χ4v) is 4.74. The summed E-state index contributed by atoms with van der Waals surface area (Å²) in [5.41, 5.74) is 3.78. The minimum absolute atomic E-state index is 0.160. The van der Waals surface area contributed by atoms with E-state index in [1.54, 1.807) is 24.3 Å². The van der Waals surface area contributed by atoms with Crippen LogP contribution in [-0.4, -0.2) is 33.7 Å². The molecule has 156 valence electrons. The molecule has 1 unspecified atom stereocenters. The number of halogens is 1. The minimum Gasteiger partial charge on any atom is -0.768 e. The maximum atomic E-state index is 11.7. The summed E-state index contributed by atoms with van der Waals surface area (Å²) >= 11 is 3.88. The van der Waals surface area contributed by atoms with Gasteiger partial charge in [-0.05, 0) is 53.0 Å². The first-order valence-corrected chi connectivity index (χ1v) is 13.9. The Morgan fingerprint density at radius 3 is 2.55 bits per heavy atom. The number of aromatic nitrogens is 2. The van der Waals surface area contributed by atoms with Crippen LogP contribution < -0.4 is 0 Å². The minimum atomic E-state index is -2.35. The van der Waals surface area contributed by atoms with Crippen LogP contribution >= 0.6 is 11.6 Å². The van der Waals surface area contributed by atoms with E-state index in [0.717, 1.165) is 23.2 Å². The van der Waals surface area contributed by atoms with E-state index in [4.69, 9.17) is 16.0 Å². The number of hydrogen-bond donors (Lipinski definition) is 1. The van der Waals surface area contributed by atoms with Crippen LogP contribution in [0.4, 0.5) is 0 Å². The largest absolute Gasteiger partial charge is 0.768 e. The number of rotatable bonds is 6. The highest BCUT2D eigenvalue weighted by atomic mass is 35.5. The zero-order chi connectivity index (χ0) is 21.4. The molecule has 1 aromatic carbocycles.